The van der Waals surface area contributed by atoms with E-state index in [1.807, 2.05) is 20.8 Å². The van der Waals surface area contributed by atoms with E-state index >= 15 is 0 Å². The second-order valence-electron chi connectivity index (χ2n) is 4.06. The van der Waals surface area contributed by atoms with Crippen LogP contribution in [0.15, 0.2) is 18.2 Å². The molecule has 0 bridgehead atoms. The van der Waals surface area contributed by atoms with Gasteiger partial charge >= 0.3 is 5.97 Å². The molecule has 4 nitrogen and oxygen atoms in total. The summed E-state index contributed by atoms with van der Waals surface area (Å²) in [5, 5.41) is 0. The smallest absolute Gasteiger partial charge is 0.341 e. The first-order valence-corrected chi connectivity index (χ1v) is 5.78. The van der Waals surface area contributed by atoms with Crippen molar-refractivity contribution in [1.82, 2.24) is 0 Å². The van der Waals surface area contributed by atoms with E-state index in [0.29, 0.717) is 23.6 Å². The number of nitrogen functional groups attached to an aromatic ring is 1. The number of carbonyl (C=O) groups is 1. The molecule has 94 valence electrons. The highest BCUT2D eigenvalue weighted by atomic mass is 16.5. The Morgan fingerprint density at radius 1 is 1.41 bits per heavy atom. The summed E-state index contributed by atoms with van der Waals surface area (Å²) in [4.78, 5) is 11.8. The van der Waals surface area contributed by atoms with Crippen molar-refractivity contribution in [3.05, 3.63) is 23.8 Å². The molecule has 2 N–H and O–H groups in total. The first-order valence-electron chi connectivity index (χ1n) is 5.78. The average molecular weight is 237 g/mol. The quantitative estimate of drug-likeness (QED) is 0.631. The molecule has 0 radical (unpaired) electrons. The third-order valence-electron chi connectivity index (χ3n) is 2.02. The van der Waals surface area contributed by atoms with Crippen molar-refractivity contribution in [2.24, 2.45) is 0 Å². The molecule has 0 saturated carbocycles. The highest BCUT2D eigenvalue weighted by Gasteiger charge is 2.15. The molecule has 0 aliphatic carbocycles. The van der Waals surface area contributed by atoms with Crippen LogP contribution >= 0.6 is 0 Å². The Balaban J connectivity index is 2.93. The molecule has 17 heavy (non-hydrogen) atoms. The predicted octanol–water partition coefficient (Wildman–Crippen LogP) is 2.62. The third-order valence-corrected chi connectivity index (χ3v) is 2.02. The van der Waals surface area contributed by atoms with Gasteiger partial charge in [0.1, 0.15) is 11.3 Å². The van der Waals surface area contributed by atoms with Crippen molar-refractivity contribution in [2.45, 2.75) is 33.3 Å². The minimum Gasteiger partial charge on any atom is -0.490 e. The number of rotatable bonds is 5. The maximum Gasteiger partial charge on any atom is 0.341 e. The Kier molecular flexibility index (Phi) is 4.82. The lowest BCUT2D eigenvalue weighted by Gasteiger charge is -2.14. The summed E-state index contributed by atoms with van der Waals surface area (Å²) in [6.07, 6.45) is 0.783. The van der Waals surface area contributed by atoms with Crippen LogP contribution in [0.4, 0.5) is 5.69 Å². The second-order valence-corrected chi connectivity index (χ2v) is 4.06. The fraction of sp³-hybridized carbons (Fsp3) is 0.462. The van der Waals surface area contributed by atoms with Crippen LogP contribution in [0.25, 0.3) is 0 Å². The minimum atomic E-state index is -0.394. The summed E-state index contributed by atoms with van der Waals surface area (Å²) < 4.78 is 10.6. The largest absolute Gasteiger partial charge is 0.490 e. The van der Waals surface area contributed by atoms with Gasteiger partial charge in [-0.2, -0.15) is 0 Å². The van der Waals surface area contributed by atoms with Gasteiger partial charge in [0.15, 0.2) is 0 Å². The van der Waals surface area contributed by atoms with Gasteiger partial charge in [0, 0.05) is 5.69 Å². The molecule has 0 aliphatic heterocycles. The molecule has 0 heterocycles. The van der Waals surface area contributed by atoms with Crippen molar-refractivity contribution >= 4 is 11.7 Å². The number of ether oxygens (including phenoxy) is 2. The van der Waals surface area contributed by atoms with E-state index in [0.717, 1.165) is 6.42 Å². The van der Waals surface area contributed by atoms with Crippen LogP contribution in [0.5, 0.6) is 5.75 Å². The Morgan fingerprint density at radius 3 is 2.71 bits per heavy atom. The highest BCUT2D eigenvalue weighted by molar-refractivity contribution is 5.93. The van der Waals surface area contributed by atoms with E-state index in [-0.39, 0.29) is 6.10 Å². The van der Waals surface area contributed by atoms with Gasteiger partial charge in [-0.3, -0.25) is 0 Å². The lowest BCUT2D eigenvalue weighted by atomic mass is 10.2. The van der Waals surface area contributed by atoms with E-state index in [1.165, 1.54) is 0 Å². The highest BCUT2D eigenvalue weighted by Crippen LogP contribution is 2.23. The van der Waals surface area contributed by atoms with E-state index in [4.69, 9.17) is 15.2 Å². The van der Waals surface area contributed by atoms with Crippen molar-refractivity contribution in [1.29, 1.82) is 0 Å². The molecule has 0 spiro atoms. The van der Waals surface area contributed by atoms with Crippen LogP contribution in [-0.4, -0.2) is 18.7 Å². The zero-order valence-electron chi connectivity index (χ0n) is 10.5. The van der Waals surface area contributed by atoms with E-state index in [9.17, 15) is 4.79 Å². The summed E-state index contributed by atoms with van der Waals surface area (Å²) >= 11 is 0. The monoisotopic (exact) mass is 237 g/mol. The number of hydrogen-bond acceptors (Lipinski definition) is 4. The van der Waals surface area contributed by atoms with Gasteiger partial charge < -0.3 is 15.2 Å². The first kappa shape index (κ1) is 13.4. The molecule has 0 unspecified atom stereocenters. The summed E-state index contributed by atoms with van der Waals surface area (Å²) in [7, 11) is 0. The second kappa shape index (κ2) is 6.13. The van der Waals surface area contributed by atoms with E-state index in [1.54, 1.807) is 18.2 Å². The maximum atomic E-state index is 11.8. The lowest BCUT2D eigenvalue weighted by Crippen LogP contribution is -2.12. The Labute approximate surface area is 102 Å². The van der Waals surface area contributed by atoms with Crippen LogP contribution in [0, 0.1) is 0 Å². The molecule has 0 saturated heterocycles. The molecule has 1 rings (SSSR count). The standard InChI is InChI=1S/C13H19NO3/c1-4-7-16-13(15)11-8-10(14)5-6-12(11)17-9(2)3/h5-6,8-9H,4,7,14H2,1-3H3. The van der Waals surface area contributed by atoms with Crippen LogP contribution in [0.2, 0.25) is 0 Å². The number of anilines is 1. The van der Waals surface area contributed by atoms with Crippen molar-refractivity contribution in [2.75, 3.05) is 12.3 Å². The Bertz CT molecular complexity index is 388. The van der Waals surface area contributed by atoms with E-state index < -0.39 is 5.97 Å². The maximum absolute atomic E-state index is 11.8. The Hall–Kier alpha value is -1.71. The molecule has 1 aromatic rings. The number of nitrogens with two attached hydrogens (primary N) is 1. The van der Waals surface area contributed by atoms with Crippen molar-refractivity contribution < 1.29 is 14.3 Å². The van der Waals surface area contributed by atoms with Crippen LogP contribution in [0.3, 0.4) is 0 Å². The number of benzene rings is 1. The third kappa shape index (κ3) is 3.98. The van der Waals surface area contributed by atoms with E-state index in [2.05, 4.69) is 0 Å². The van der Waals surface area contributed by atoms with Crippen molar-refractivity contribution in [3.63, 3.8) is 0 Å². The Morgan fingerprint density at radius 2 is 2.12 bits per heavy atom. The summed E-state index contributed by atoms with van der Waals surface area (Å²) in [5.74, 6) is 0.116. The number of carbonyl (C=O) groups excluding carboxylic acids is 1. The molecular formula is C13H19NO3. The minimum absolute atomic E-state index is 0.00338. The summed E-state index contributed by atoms with van der Waals surface area (Å²) in [6, 6.07) is 4.97. The molecule has 0 atom stereocenters. The summed E-state index contributed by atoms with van der Waals surface area (Å²) in [6.45, 7) is 6.14. The normalized spacial score (nSPS) is 10.4. The zero-order chi connectivity index (χ0) is 12.8. The number of esters is 1. The predicted molar refractivity (Wildman–Crippen MR) is 67.2 cm³/mol. The first-order chi connectivity index (χ1) is 8.04. The van der Waals surface area contributed by atoms with Gasteiger partial charge in [-0.25, -0.2) is 4.79 Å². The van der Waals surface area contributed by atoms with Crippen LogP contribution in [0.1, 0.15) is 37.6 Å². The topological polar surface area (TPSA) is 61.5 Å². The molecule has 0 fully saturated rings. The molecule has 0 aliphatic rings. The summed E-state index contributed by atoms with van der Waals surface area (Å²) in [5.41, 5.74) is 6.56. The fourth-order valence-electron chi connectivity index (χ4n) is 1.34. The van der Waals surface area contributed by atoms with Gasteiger partial charge in [-0.05, 0) is 38.5 Å². The van der Waals surface area contributed by atoms with Gasteiger partial charge in [0.2, 0.25) is 0 Å². The van der Waals surface area contributed by atoms with Crippen LogP contribution < -0.4 is 10.5 Å². The molecule has 1 aromatic carbocycles. The zero-order valence-corrected chi connectivity index (χ0v) is 10.5. The average Bonchev–Trinajstić information content (AvgIpc) is 2.27. The molecule has 0 amide bonds. The SMILES string of the molecule is CCCOC(=O)c1cc(N)ccc1OC(C)C. The molecular weight excluding hydrogens is 218 g/mol. The van der Waals surface area contributed by atoms with Crippen LogP contribution in [-0.2, 0) is 4.74 Å². The molecule has 4 heteroatoms. The molecule has 0 aromatic heterocycles. The van der Waals surface area contributed by atoms with Gasteiger partial charge in [0.25, 0.3) is 0 Å². The van der Waals surface area contributed by atoms with Gasteiger partial charge in [-0.1, -0.05) is 6.92 Å². The fourth-order valence-corrected chi connectivity index (χ4v) is 1.34. The van der Waals surface area contributed by atoms with Crippen molar-refractivity contribution in [3.8, 4) is 5.75 Å². The number of hydrogen-bond donors (Lipinski definition) is 1. The lowest BCUT2D eigenvalue weighted by molar-refractivity contribution is 0.0499. The van der Waals surface area contributed by atoms with Gasteiger partial charge in [-0.15, -0.1) is 0 Å². The van der Waals surface area contributed by atoms with Gasteiger partial charge in [0.05, 0.1) is 12.7 Å².